The van der Waals surface area contributed by atoms with E-state index < -0.39 is 0 Å². The van der Waals surface area contributed by atoms with E-state index in [9.17, 15) is 0 Å². The van der Waals surface area contributed by atoms with E-state index in [2.05, 4.69) is 37.9 Å². The van der Waals surface area contributed by atoms with E-state index in [1.54, 1.807) is 7.11 Å². The molecule has 0 amide bonds. The highest BCUT2D eigenvalue weighted by molar-refractivity contribution is 9.10. The van der Waals surface area contributed by atoms with Gasteiger partial charge < -0.3 is 4.74 Å². The van der Waals surface area contributed by atoms with Gasteiger partial charge in [0.2, 0.25) is 0 Å². The zero-order valence-corrected chi connectivity index (χ0v) is 13.7. The molecule has 0 saturated carbocycles. The molecule has 3 rings (SSSR count). The molecular formula is C16H23BrN2O. The Kier molecular flexibility index (Phi) is 4.64. The largest absolute Gasteiger partial charge is 0.496 e. The molecule has 2 aliphatic heterocycles. The van der Waals surface area contributed by atoms with Crippen molar-refractivity contribution in [2.45, 2.75) is 31.8 Å². The van der Waals surface area contributed by atoms with Gasteiger partial charge in [0.1, 0.15) is 5.75 Å². The van der Waals surface area contributed by atoms with E-state index in [0.29, 0.717) is 0 Å². The van der Waals surface area contributed by atoms with Crippen LogP contribution in [0.25, 0.3) is 0 Å². The van der Waals surface area contributed by atoms with Crippen LogP contribution in [0.5, 0.6) is 5.75 Å². The van der Waals surface area contributed by atoms with Gasteiger partial charge in [-0.05, 0) is 57.1 Å². The Labute approximate surface area is 130 Å². The minimum absolute atomic E-state index is 0.774. The van der Waals surface area contributed by atoms with Crippen molar-refractivity contribution in [3.63, 3.8) is 0 Å². The molecule has 3 nitrogen and oxygen atoms in total. The third kappa shape index (κ3) is 3.18. The van der Waals surface area contributed by atoms with Crippen LogP contribution < -0.4 is 4.74 Å². The Balaban J connectivity index is 1.72. The molecule has 2 fully saturated rings. The van der Waals surface area contributed by atoms with Gasteiger partial charge in [-0.3, -0.25) is 9.80 Å². The minimum Gasteiger partial charge on any atom is -0.496 e. The van der Waals surface area contributed by atoms with Gasteiger partial charge >= 0.3 is 0 Å². The Bertz CT molecular complexity index is 466. The van der Waals surface area contributed by atoms with Crippen LogP contribution in [-0.4, -0.2) is 49.1 Å². The lowest BCUT2D eigenvalue weighted by atomic mass is 10.1. The van der Waals surface area contributed by atoms with Crippen molar-refractivity contribution in [3.8, 4) is 5.75 Å². The van der Waals surface area contributed by atoms with Crippen LogP contribution in [0.15, 0.2) is 22.7 Å². The maximum Gasteiger partial charge on any atom is 0.123 e. The predicted molar refractivity (Wildman–Crippen MR) is 85.2 cm³/mol. The van der Waals surface area contributed by atoms with Crippen molar-refractivity contribution < 1.29 is 4.74 Å². The quantitative estimate of drug-likeness (QED) is 0.842. The van der Waals surface area contributed by atoms with Crippen LogP contribution in [0.3, 0.4) is 0 Å². The van der Waals surface area contributed by atoms with E-state index in [1.807, 2.05) is 6.07 Å². The smallest absolute Gasteiger partial charge is 0.123 e. The average molecular weight is 339 g/mol. The van der Waals surface area contributed by atoms with Gasteiger partial charge in [0.05, 0.1) is 7.11 Å². The Morgan fingerprint density at radius 3 is 2.95 bits per heavy atom. The van der Waals surface area contributed by atoms with Gasteiger partial charge in [-0.25, -0.2) is 0 Å². The molecule has 20 heavy (non-hydrogen) atoms. The molecule has 2 heterocycles. The molecule has 0 spiro atoms. The summed E-state index contributed by atoms with van der Waals surface area (Å²) in [6, 6.07) is 7.06. The van der Waals surface area contributed by atoms with Gasteiger partial charge in [0, 0.05) is 29.2 Å². The molecule has 110 valence electrons. The summed E-state index contributed by atoms with van der Waals surface area (Å²) in [6.07, 6.45) is 4.03. The Morgan fingerprint density at radius 2 is 2.10 bits per heavy atom. The summed E-state index contributed by atoms with van der Waals surface area (Å²) in [5.74, 6) is 1.00. The molecule has 0 unspecified atom stereocenters. The van der Waals surface area contributed by atoms with Gasteiger partial charge in [-0.2, -0.15) is 0 Å². The summed E-state index contributed by atoms with van der Waals surface area (Å²) < 4.78 is 6.63. The fourth-order valence-electron chi connectivity index (χ4n) is 3.54. The number of halogens is 1. The van der Waals surface area contributed by atoms with E-state index in [0.717, 1.165) is 22.8 Å². The standard InChI is InChI=1S/C16H23BrN2O/c1-20-16-6-5-14(17)10-13(16)11-18-7-3-9-19-8-2-4-15(19)12-18/h5-6,10,15H,2-4,7-9,11-12H2,1H3/t15-/m1/s1. The Hall–Kier alpha value is -0.580. The van der Waals surface area contributed by atoms with Gasteiger partial charge in [-0.1, -0.05) is 15.9 Å². The summed E-state index contributed by atoms with van der Waals surface area (Å²) in [5.41, 5.74) is 1.29. The normalized spacial score (nSPS) is 24.4. The van der Waals surface area contributed by atoms with E-state index in [4.69, 9.17) is 4.74 Å². The summed E-state index contributed by atoms with van der Waals surface area (Å²) in [5, 5.41) is 0. The van der Waals surface area contributed by atoms with Crippen molar-refractivity contribution in [1.82, 2.24) is 9.80 Å². The van der Waals surface area contributed by atoms with Crippen LogP contribution in [0.4, 0.5) is 0 Å². The fraction of sp³-hybridized carbons (Fsp3) is 0.625. The zero-order chi connectivity index (χ0) is 13.9. The van der Waals surface area contributed by atoms with Gasteiger partial charge in [-0.15, -0.1) is 0 Å². The van der Waals surface area contributed by atoms with E-state index in [-0.39, 0.29) is 0 Å². The molecule has 1 aromatic rings. The first-order valence-corrected chi connectivity index (χ1v) is 8.34. The highest BCUT2D eigenvalue weighted by atomic mass is 79.9. The zero-order valence-electron chi connectivity index (χ0n) is 12.1. The second kappa shape index (κ2) is 6.46. The van der Waals surface area contributed by atoms with Crippen LogP contribution in [0.2, 0.25) is 0 Å². The van der Waals surface area contributed by atoms with E-state index in [1.165, 1.54) is 51.0 Å². The third-order valence-electron chi connectivity index (χ3n) is 4.52. The molecule has 0 N–H and O–H groups in total. The molecule has 1 aromatic carbocycles. The molecular weight excluding hydrogens is 316 g/mol. The summed E-state index contributed by atoms with van der Waals surface area (Å²) in [6.45, 7) is 5.97. The van der Waals surface area contributed by atoms with Crippen LogP contribution >= 0.6 is 15.9 Å². The monoisotopic (exact) mass is 338 g/mol. The highest BCUT2D eigenvalue weighted by Crippen LogP contribution is 2.27. The molecule has 0 aromatic heterocycles. The van der Waals surface area contributed by atoms with Gasteiger partial charge in [0.15, 0.2) is 0 Å². The first-order valence-electron chi connectivity index (χ1n) is 7.55. The molecule has 0 radical (unpaired) electrons. The number of benzene rings is 1. The third-order valence-corrected chi connectivity index (χ3v) is 5.02. The maximum atomic E-state index is 5.50. The number of hydrogen-bond donors (Lipinski definition) is 0. The number of methoxy groups -OCH3 is 1. The van der Waals surface area contributed by atoms with Crippen molar-refractivity contribution >= 4 is 15.9 Å². The lowest BCUT2D eigenvalue weighted by molar-refractivity contribution is 0.214. The Morgan fingerprint density at radius 1 is 1.25 bits per heavy atom. The van der Waals surface area contributed by atoms with Crippen molar-refractivity contribution in [2.75, 3.05) is 33.3 Å². The van der Waals surface area contributed by atoms with Crippen LogP contribution in [-0.2, 0) is 6.54 Å². The number of fused-ring (bicyclic) bond motifs is 1. The first kappa shape index (κ1) is 14.4. The van der Waals surface area contributed by atoms with Crippen molar-refractivity contribution in [3.05, 3.63) is 28.2 Å². The first-order chi connectivity index (χ1) is 9.76. The molecule has 1 atom stereocenters. The maximum absolute atomic E-state index is 5.50. The van der Waals surface area contributed by atoms with Crippen LogP contribution in [0.1, 0.15) is 24.8 Å². The van der Waals surface area contributed by atoms with E-state index >= 15 is 0 Å². The SMILES string of the molecule is COc1ccc(Br)cc1CN1CCCN2CCC[C@@H]2C1. The predicted octanol–water partition coefficient (Wildman–Crippen LogP) is 3.13. The summed E-state index contributed by atoms with van der Waals surface area (Å²) in [4.78, 5) is 5.28. The topological polar surface area (TPSA) is 15.7 Å². The highest BCUT2D eigenvalue weighted by Gasteiger charge is 2.28. The van der Waals surface area contributed by atoms with Gasteiger partial charge in [0.25, 0.3) is 0 Å². The van der Waals surface area contributed by atoms with Crippen molar-refractivity contribution in [2.24, 2.45) is 0 Å². The fourth-order valence-corrected chi connectivity index (χ4v) is 3.95. The molecule has 0 bridgehead atoms. The number of nitrogens with zero attached hydrogens (tertiary/aromatic N) is 2. The lowest BCUT2D eigenvalue weighted by Crippen LogP contribution is -2.36. The van der Waals surface area contributed by atoms with Crippen LogP contribution in [0, 0.1) is 0 Å². The number of hydrogen-bond acceptors (Lipinski definition) is 3. The second-order valence-electron chi connectivity index (χ2n) is 5.88. The average Bonchev–Trinajstić information content (AvgIpc) is 2.78. The molecule has 0 aliphatic carbocycles. The molecule has 4 heteroatoms. The molecule has 2 aliphatic rings. The number of ether oxygens (including phenoxy) is 1. The number of rotatable bonds is 3. The molecule has 2 saturated heterocycles. The summed E-state index contributed by atoms with van der Waals surface area (Å²) >= 11 is 3.57. The van der Waals surface area contributed by atoms with Crippen molar-refractivity contribution in [1.29, 1.82) is 0 Å². The summed E-state index contributed by atoms with van der Waals surface area (Å²) in [7, 11) is 1.76. The lowest BCUT2D eigenvalue weighted by Gasteiger charge is -2.26. The minimum atomic E-state index is 0.774. The second-order valence-corrected chi connectivity index (χ2v) is 6.79.